The van der Waals surface area contributed by atoms with Gasteiger partial charge >= 0.3 is 0 Å². The van der Waals surface area contributed by atoms with E-state index in [1.54, 1.807) is 0 Å². The molecule has 1 aromatic carbocycles. The van der Waals surface area contributed by atoms with Crippen molar-refractivity contribution in [3.05, 3.63) is 39.5 Å². The molecule has 0 unspecified atom stereocenters. The number of hydrogen-bond acceptors (Lipinski definition) is 2. The van der Waals surface area contributed by atoms with Crippen LogP contribution in [0, 0.1) is 5.82 Å². The van der Waals surface area contributed by atoms with Crippen molar-refractivity contribution in [2.75, 3.05) is 0 Å². The molecule has 76 valence electrons. The predicted molar refractivity (Wildman–Crippen MR) is 57.9 cm³/mol. The van der Waals surface area contributed by atoms with Gasteiger partial charge in [-0.3, -0.25) is 0 Å². The molecule has 0 aromatic heterocycles. The third-order valence-corrected chi connectivity index (χ3v) is 2.63. The molecule has 0 spiro atoms. The minimum absolute atomic E-state index is 0.156. The Morgan fingerprint density at radius 2 is 2.07 bits per heavy atom. The lowest BCUT2D eigenvalue weighted by Crippen LogP contribution is -1.84. The summed E-state index contributed by atoms with van der Waals surface area (Å²) in [5, 5.41) is 0.736. The predicted octanol–water partition coefficient (Wildman–Crippen LogP) is 3.13. The number of rotatable bonds is 2. The van der Waals surface area contributed by atoms with Gasteiger partial charge in [-0.25, -0.2) is 12.8 Å². The van der Waals surface area contributed by atoms with Crippen molar-refractivity contribution in [1.29, 1.82) is 0 Å². The normalized spacial score (nSPS) is 12.2. The molecule has 14 heavy (non-hydrogen) atoms. The molecule has 0 saturated heterocycles. The summed E-state index contributed by atoms with van der Waals surface area (Å²) in [4.78, 5) is 0. The van der Waals surface area contributed by atoms with Crippen LogP contribution >= 0.6 is 26.6 Å². The third-order valence-electron chi connectivity index (χ3n) is 1.37. The van der Waals surface area contributed by atoms with E-state index in [4.69, 9.17) is 10.7 Å². The van der Waals surface area contributed by atoms with Crippen molar-refractivity contribution in [1.82, 2.24) is 0 Å². The van der Waals surface area contributed by atoms with Gasteiger partial charge in [0.25, 0.3) is 9.05 Å². The standard InChI is InChI=1S/C8H5BrClFO2S/c9-7-1-2-8(11)6(5-7)3-4-14(10,12)13/h1-5H/b4-3+. The SMILES string of the molecule is O=S(=O)(Cl)/C=C/c1cc(Br)ccc1F. The van der Waals surface area contributed by atoms with Gasteiger partial charge in [-0.05, 0) is 24.3 Å². The zero-order valence-electron chi connectivity index (χ0n) is 6.75. The summed E-state index contributed by atoms with van der Waals surface area (Å²) in [7, 11) is 1.18. The average molecular weight is 300 g/mol. The van der Waals surface area contributed by atoms with E-state index in [2.05, 4.69) is 15.9 Å². The topological polar surface area (TPSA) is 34.1 Å². The molecule has 0 amide bonds. The molecular weight excluding hydrogens is 295 g/mol. The quantitative estimate of drug-likeness (QED) is 0.786. The zero-order valence-corrected chi connectivity index (χ0v) is 9.90. The first-order valence-corrected chi connectivity index (χ1v) is 6.63. The van der Waals surface area contributed by atoms with Crippen molar-refractivity contribution < 1.29 is 12.8 Å². The fourth-order valence-electron chi connectivity index (χ4n) is 0.797. The monoisotopic (exact) mass is 298 g/mol. The van der Waals surface area contributed by atoms with E-state index in [-0.39, 0.29) is 5.56 Å². The van der Waals surface area contributed by atoms with E-state index >= 15 is 0 Å². The molecule has 0 N–H and O–H groups in total. The number of hydrogen-bond donors (Lipinski definition) is 0. The van der Waals surface area contributed by atoms with Crippen LogP contribution in [0.3, 0.4) is 0 Å². The van der Waals surface area contributed by atoms with Gasteiger partial charge in [0, 0.05) is 26.1 Å². The molecule has 0 radical (unpaired) electrons. The fourth-order valence-corrected chi connectivity index (χ4v) is 1.64. The Morgan fingerprint density at radius 3 is 2.64 bits per heavy atom. The molecule has 0 bridgehead atoms. The van der Waals surface area contributed by atoms with Gasteiger partial charge in [0.15, 0.2) is 0 Å². The Hall–Kier alpha value is -0.390. The summed E-state index contributed by atoms with van der Waals surface area (Å²) in [5.41, 5.74) is 0.156. The van der Waals surface area contributed by atoms with Crippen LogP contribution in [0.2, 0.25) is 0 Å². The van der Waals surface area contributed by atoms with Crippen molar-refractivity contribution in [2.45, 2.75) is 0 Å². The minimum Gasteiger partial charge on any atom is -0.208 e. The summed E-state index contributed by atoms with van der Waals surface area (Å²) in [6.07, 6.45) is 1.10. The van der Waals surface area contributed by atoms with Crippen LogP contribution in [0.1, 0.15) is 5.56 Å². The Bertz CT molecular complexity index is 470. The second-order valence-electron chi connectivity index (χ2n) is 2.44. The van der Waals surface area contributed by atoms with Crippen molar-refractivity contribution in [3.8, 4) is 0 Å². The van der Waals surface area contributed by atoms with Crippen LogP contribution in [0.4, 0.5) is 4.39 Å². The lowest BCUT2D eigenvalue weighted by atomic mass is 10.2. The lowest BCUT2D eigenvalue weighted by molar-refractivity contribution is 0.617. The molecule has 1 rings (SSSR count). The molecule has 6 heteroatoms. The highest BCUT2D eigenvalue weighted by atomic mass is 79.9. The van der Waals surface area contributed by atoms with Crippen LogP contribution in [0.5, 0.6) is 0 Å². The van der Waals surface area contributed by atoms with Gasteiger partial charge in [-0.2, -0.15) is 0 Å². The van der Waals surface area contributed by atoms with Gasteiger partial charge < -0.3 is 0 Å². The molecule has 0 heterocycles. The average Bonchev–Trinajstić information content (AvgIpc) is 2.05. The largest absolute Gasteiger partial charge is 0.254 e. The van der Waals surface area contributed by atoms with Crippen LogP contribution in [0.15, 0.2) is 28.1 Å². The molecule has 0 aliphatic heterocycles. The highest BCUT2D eigenvalue weighted by Crippen LogP contribution is 2.17. The van der Waals surface area contributed by atoms with Gasteiger partial charge in [0.2, 0.25) is 0 Å². The third kappa shape index (κ3) is 3.77. The van der Waals surface area contributed by atoms with Gasteiger partial charge in [-0.1, -0.05) is 15.9 Å². The first-order chi connectivity index (χ1) is 6.38. The first kappa shape index (κ1) is 11.7. The lowest BCUT2D eigenvalue weighted by Gasteiger charge is -1.96. The molecular formula is C8H5BrClFO2S. The maximum atomic E-state index is 13.0. The summed E-state index contributed by atoms with van der Waals surface area (Å²) < 4.78 is 34.8. The molecule has 1 aromatic rings. The summed E-state index contributed by atoms with van der Waals surface area (Å²) in [6, 6.07) is 4.19. The second kappa shape index (κ2) is 4.42. The zero-order chi connectivity index (χ0) is 10.8. The van der Waals surface area contributed by atoms with Gasteiger partial charge in [0.05, 0.1) is 0 Å². The smallest absolute Gasteiger partial charge is 0.208 e. The maximum absolute atomic E-state index is 13.0. The molecule has 0 aliphatic carbocycles. The van der Waals surface area contributed by atoms with Crippen LogP contribution in [0.25, 0.3) is 6.08 Å². The van der Waals surface area contributed by atoms with Crippen LogP contribution in [-0.2, 0) is 9.05 Å². The minimum atomic E-state index is -3.74. The Balaban J connectivity index is 3.09. The van der Waals surface area contributed by atoms with Crippen molar-refractivity contribution >= 4 is 41.7 Å². The van der Waals surface area contributed by atoms with E-state index in [9.17, 15) is 12.8 Å². The molecule has 0 saturated carbocycles. The van der Waals surface area contributed by atoms with E-state index < -0.39 is 14.9 Å². The highest BCUT2D eigenvalue weighted by molar-refractivity contribution is 9.10. The Kier molecular flexibility index (Phi) is 3.69. The highest BCUT2D eigenvalue weighted by Gasteiger charge is 2.01. The second-order valence-corrected chi connectivity index (χ2v) is 5.87. The summed E-state index contributed by atoms with van der Waals surface area (Å²) >= 11 is 3.13. The summed E-state index contributed by atoms with van der Waals surface area (Å²) in [6.45, 7) is 0. The molecule has 0 aliphatic rings. The van der Waals surface area contributed by atoms with E-state index in [1.165, 1.54) is 18.2 Å². The molecule has 0 fully saturated rings. The van der Waals surface area contributed by atoms with E-state index in [1.807, 2.05) is 0 Å². The van der Waals surface area contributed by atoms with Crippen molar-refractivity contribution in [3.63, 3.8) is 0 Å². The number of benzene rings is 1. The first-order valence-electron chi connectivity index (χ1n) is 3.46. The van der Waals surface area contributed by atoms with Crippen LogP contribution in [-0.4, -0.2) is 8.42 Å². The number of halogens is 3. The Labute approximate surface area is 93.9 Å². The van der Waals surface area contributed by atoms with Crippen molar-refractivity contribution in [2.24, 2.45) is 0 Å². The Morgan fingerprint density at radius 1 is 1.43 bits per heavy atom. The van der Waals surface area contributed by atoms with Crippen LogP contribution < -0.4 is 0 Å². The maximum Gasteiger partial charge on any atom is 0.254 e. The molecule has 2 nitrogen and oxygen atoms in total. The van der Waals surface area contributed by atoms with E-state index in [0.29, 0.717) is 4.47 Å². The molecule has 0 atom stereocenters. The summed E-state index contributed by atoms with van der Waals surface area (Å²) in [5.74, 6) is -0.509. The fraction of sp³-hybridized carbons (Fsp3) is 0. The van der Waals surface area contributed by atoms with Gasteiger partial charge in [0.1, 0.15) is 5.82 Å². The van der Waals surface area contributed by atoms with E-state index in [0.717, 1.165) is 11.5 Å². The van der Waals surface area contributed by atoms with Gasteiger partial charge in [-0.15, -0.1) is 0 Å².